The van der Waals surface area contributed by atoms with Crippen LogP contribution in [0.5, 0.6) is 0 Å². The Balaban J connectivity index is 1.86. The van der Waals surface area contributed by atoms with Gasteiger partial charge in [0.05, 0.1) is 12.2 Å². The topological polar surface area (TPSA) is 84.5 Å². The molecule has 6 nitrogen and oxygen atoms in total. The Morgan fingerprint density at radius 3 is 2.43 bits per heavy atom. The number of rotatable bonds is 4. The van der Waals surface area contributed by atoms with Gasteiger partial charge in [-0.25, -0.2) is 4.79 Å². The number of hydrogen-bond donors (Lipinski definition) is 2. The summed E-state index contributed by atoms with van der Waals surface area (Å²) in [4.78, 5) is 37.7. The van der Waals surface area contributed by atoms with Crippen LogP contribution in [0.1, 0.15) is 38.1 Å². The zero-order valence-electron chi connectivity index (χ0n) is 15.8. The number of hydrogen-bond acceptors (Lipinski definition) is 5. The third-order valence-corrected chi connectivity index (χ3v) is 5.46. The second-order valence-electron chi connectivity index (χ2n) is 6.18. The van der Waals surface area contributed by atoms with E-state index in [0.29, 0.717) is 16.1 Å². The highest BCUT2D eigenvalue weighted by atomic mass is 32.1. The van der Waals surface area contributed by atoms with E-state index < -0.39 is 12.0 Å². The molecule has 0 aliphatic carbocycles. The predicted molar refractivity (Wildman–Crippen MR) is 110 cm³/mol. The van der Waals surface area contributed by atoms with Crippen molar-refractivity contribution in [2.45, 2.75) is 20.8 Å². The van der Waals surface area contributed by atoms with Crippen molar-refractivity contribution in [3.05, 3.63) is 64.0 Å². The monoisotopic (exact) mass is 396 g/mol. The summed E-state index contributed by atoms with van der Waals surface area (Å²) < 4.78 is 4.76. The predicted octanol–water partition coefficient (Wildman–Crippen LogP) is 4.66. The molecule has 144 valence electrons. The van der Waals surface area contributed by atoms with Crippen molar-refractivity contribution in [3.63, 3.8) is 0 Å². The van der Waals surface area contributed by atoms with Gasteiger partial charge in [-0.2, -0.15) is 0 Å². The Morgan fingerprint density at radius 1 is 1.00 bits per heavy atom. The Labute approximate surface area is 166 Å². The van der Waals surface area contributed by atoms with Crippen LogP contribution in [-0.2, 0) is 4.74 Å². The number of amides is 3. The van der Waals surface area contributed by atoms with Crippen molar-refractivity contribution in [1.82, 2.24) is 5.32 Å². The van der Waals surface area contributed by atoms with E-state index in [1.165, 1.54) is 11.3 Å². The van der Waals surface area contributed by atoms with Crippen LogP contribution in [0.4, 0.5) is 9.80 Å². The number of ether oxygens (including phenoxy) is 1. The summed E-state index contributed by atoms with van der Waals surface area (Å²) in [5.74, 6) is -0.925. The standard InChI is InChI=1S/C21H20N2O4S/c1-4-27-21(26)23-19(25)17-12(2)13(3)28-20(17)22-18(24)16-10-9-14-7-5-6-8-15(14)11-16/h5-11H,4H2,1-3H3,(H,22,24)(H,23,25,26). The lowest BCUT2D eigenvalue weighted by Crippen LogP contribution is -2.31. The van der Waals surface area contributed by atoms with E-state index in [0.717, 1.165) is 15.6 Å². The van der Waals surface area contributed by atoms with Gasteiger partial charge in [-0.1, -0.05) is 30.3 Å². The fraction of sp³-hybridized carbons (Fsp3) is 0.190. The molecule has 7 heteroatoms. The van der Waals surface area contributed by atoms with Gasteiger partial charge in [0, 0.05) is 10.4 Å². The fourth-order valence-corrected chi connectivity index (χ4v) is 3.87. The lowest BCUT2D eigenvalue weighted by molar-refractivity contribution is 0.0925. The van der Waals surface area contributed by atoms with Crippen molar-refractivity contribution in [1.29, 1.82) is 0 Å². The van der Waals surface area contributed by atoms with Gasteiger partial charge in [-0.3, -0.25) is 14.9 Å². The molecule has 3 rings (SSSR count). The van der Waals surface area contributed by atoms with Crippen LogP contribution in [0.15, 0.2) is 42.5 Å². The van der Waals surface area contributed by atoms with Gasteiger partial charge in [-0.15, -0.1) is 11.3 Å². The van der Waals surface area contributed by atoms with Gasteiger partial charge in [0.25, 0.3) is 11.8 Å². The van der Waals surface area contributed by atoms with Gasteiger partial charge < -0.3 is 10.1 Å². The molecule has 2 aromatic carbocycles. The molecule has 0 bridgehead atoms. The zero-order chi connectivity index (χ0) is 20.3. The van der Waals surface area contributed by atoms with Gasteiger partial charge in [0.15, 0.2) is 0 Å². The van der Waals surface area contributed by atoms with Crippen molar-refractivity contribution < 1.29 is 19.1 Å². The number of aryl methyl sites for hydroxylation is 1. The second kappa shape index (κ2) is 8.22. The van der Waals surface area contributed by atoms with E-state index in [4.69, 9.17) is 4.74 Å². The van der Waals surface area contributed by atoms with Gasteiger partial charge in [-0.05, 0) is 49.2 Å². The molecule has 0 aliphatic heterocycles. The number of carbonyl (C=O) groups is 3. The molecule has 0 radical (unpaired) electrons. The summed E-state index contributed by atoms with van der Waals surface area (Å²) >= 11 is 1.29. The SMILES string of the molecule is CCOC(=O)NC(=O)c1c(NC(=O)c2ccc3ccccc3c2)sc(C)c1C. The Hall–Kier alpha value is -3.19. The molecule has 0 saturated carbocycles. The number of thiophene rings is 1. The molecule has 3 aromatic rings. The second-order valence-corrected chi connectivity index (χ2v) is 7.40. The number of carbonyl (C=O) groups excluding carboxylic acids is 3. The van der Waals surface area contributed by atoms with Crippen LogP contribution in [0.25, 0.3) is 10.8 Å². The molecule has 2 N–H and O–H groups in total. The van der Waals surface area contributed by atoms with Crippen molar-refractivity contribution in [2.24, 2.45) is 0 Å². The molecule has 0 unspecified atom stereocenters. The van der Waals surface area contributed by atoms with Gasteiger partial charge >= 0.3 is 6.09 Å². The van der Waals surface area contributed by atoms with Crippen LogP contribution in [0.3, 0.4) is 0 Å². The molecule has 0 spiro atoms. The smallest absolute Gasteiger partial charge is 0.414 e. The van der Waals surface area contributed by atoms with E-state index in [9.17, 15) is 14.4 Å². The maximum absolute atomic E-state index is 12.8. The summed E-state index contributed by atoms with van der Waals surface area (Å²) in [5.41, 5.74) is 1.46. The molecule has 0 aliphatic rings. The highest BCUT2D eigenvalue weighted by molar-refractivity contribution is 7.16. The average molecular weight is 396 g/mol. The molecule has 28 heavy (non-hydrogen) atoms. The number of fused-ring (bicyclic) bond motifs is 1. The maximum Gasteiger partial charge on any atom is 0.414 e. The van der Waals surface area contributed by atoms with Crippen LogP contribution >= 0.6 is 11.3 Å². The van der Waals surface area contributed by atoms with Gasteiger partial charge in [0.1, 0.15) is 5.00 Å². The van der Waals surface area contributed by atoms with Crippen LogP contribution in [0.2, 0.25) is 0 Å². The summed E-state index contributed by atoms with van der Waals surface area (Å²) in [6.45, 7) is 5.44. The molecule has 0 atom stereocenters. The van der Waals surface area contributed by atoms with E-state index in [1.807, 2.05) is 37.3 Å². The fourth-order valence-electron chi connectivity index (χ4n) is 2.82. The average Bonchev–Trinajstić information content (AvgIpc) is 2.94. The molecule has 0 fully saturated rings. The Bertz CT molecular complexity index is 1070. The first-order chi connectivity index (χ1) is 13.4. The number of alkyl carbamates (subject to hydrolysis) is 1. The number of benzene rings is 2. The summed E-state index contributed by atoms with van der Waals surface area (Å²) in [5, 5.41) is 7.38. The minimum atomic E-state index is -0.817. The Morgan fingerprint density at radius 2 is 1.71 bits per heavy atom. The van der Waals surface area contributed by atoms with Crippen molar-refractivity contribution in [2.75, 3.05) is 11.9 Å². The van der Waals surface area contributed by atoms with Crippen molar-refractivity contribution >= 4 is 45.0 Å². The molecule has 1 aromatic heterocycles. The number of imide groups is 1. The first-order valence-electron chi connectivity index (χ1n) is 8.79. The minimum absolute atomic E-state index is 0.159. The molecular weight excluding hydrogens is 376 g/mol. The van der Waals surface area contributed by atoms with Crippen molar-refractivity contribution in [3.8, 4) is 0 Å². The lowest BCUT2D eigenvalue weighted by atomic mass is 10.1. The van der Waals surface area contributed by atoms with Crippen LogP contribution in [-0.4, -0.2) is 24.5 Å². The first-order valence-corrected chi connectivity index (χ1v) is 9.60. The largest absolute Gasteiger partial charge is 0.450 e. The highest BCUT2D eigenvalue weighted by Crippen LogP contribution is 2.33. The molecular formula is C21H20N2O4S. The number of anilines is 1. The molecule has 1 heterocycles. The lowest BCUT2D eigenvalue weighted by Gasteiger charge is -2.09. The van der Waals surface area contributed by atoms with E-state index in [-0.39, 0.29) is 18.1 Å². The van der Waals surface area contributed by atoms with E-state index >= 15 is 0 Å². The zero-order valence-corrected chi connectivity index (χ0v) is 16.6. The third-order valence-electron chi connectivity index (χ3n) is 4.34. The molecule has 3 amide bonds. The highest BCUT2D eigenvalue weighted by Gasteiger charge is 2.23. The first kappa shape index (κ1) is 19.6. The van der Waals surface area contributed by atoms with Gasteiger partial charge in [0.2, 0.25) is 0 Å². The summed E-state index contributed by atoms with van der Waals surface area (Å²) in [6, 6.07) is 13.2. The third kappa shape index (κ3) is 4.04. The molecule has 0 saturated heterocycles. The van der Waals surface area contributed by atoms with E-state index in [1.54, 1.807) is 26.0 Å². The van der Waals surface area contributed by atoms with Crippen LogP contribution in [0, 0.1) is 13.8 Å². The normalized spacial score (nSPS) is 10.5. The summed E-state index contributed by atoms with van der Waals surface area (Å²) in [6.07, 6.45) is -0.817. The number of nitrogens with one attached hydrogen (secondary N) is 2. The quantitative estimate of drug-likeness (QED) is 0.672. The summed E-state index contributed by atoms with van der Waals surface area (Å²) in [7, 11) is 0. The van der Waals surface area contributed by atoms with Crippen LogP contribution < -0.4 is 10.6 Å². The van der Waals surface area contributed by atoms with E-state index in [2.05, 4.69) is 10.6 Å². The Kier molecular flexibility index (Phi) is 5.75. The maximum atomic E-state index is 12.8. The minimum Gasteiger partial charge on any atom is -0.450 e.